The van der Waals surface area contributed by atoms with Crippen LogP contribution in [0.4, 0.5) is 14.5 Å². The fourth-order valence-electron chi connectivity index (χ4n) is 3.84. The molecular formula is C26H24ClF2N5O2. The third kappa shape index (κ3) is 4.84. The maximum atomic E-state index is 15.2. The van der Waals surface area contributed by atoms with Crippen LogP contribution >= 0.6 is 11.6 Å². The topological polar surface area (TPSA) is 114 Å². The fraction of sp³-hybridized carbons (Fsp3) is 0.231. The second-order valence-corrected chi connectivity index (χ2v) is 9.44. The number of carbonyl (C=O) groups is 1. The number of aliphatic hydroxyl groups is 1. The summed E-state index contributed by atoms with van der Waals surface area (Å²) in [6.07, 6.45) is 2.98. The van der Waals surface area contributed by atoms with Gasteiger partial charge in [-0.1, -0.05) is 11.6 Å². The van der Waals surface area contributed by atoms with Crippen LogP contribution in [0.5, 0.6) is 0 Å². The Labute approximate surface area is 211 Å². The molecule has 0 unspecified atom stereocenters. The first-order valence-electron chi connectivity index (χ1n) is 11.1. The molecule has 0 saturated heterocycles. The predicted molar refractivity (Wildman–Crippen MR) is 135 cm³/mol. The Hall–Kier alpha value is -3.69. The first-order chi connectivity index (χ1) is 16.9. The molecule has 0 spiro atoms. The lowest BCUT2D eigenvalue weighted by molar-refractivity contribution is 0.0687. The summed E-state index contributed by atoms with van der Waals surface area (Å²) >= 11 is 6.58. The molecule has 0 radical (unpaired) electrons. The number of anilines is 1. The minimum atomic E-state index is -1.23. The van der Waals surface area contributed by atoms with E-state index in [1.54, 1.807) is 33.8 Å². The summed E-state index contributed by atoms with van der Waals surface area (Å²) in [4.78, 5) is 24.3. The number of rotatable bonds is 6. The van der Waals surface area contributed by atoms with Crippen molar-refractivity contribution in [1.82, 2.24) is 15.0 Å². The molecule has 186 valence electrons. The average Bonchev–Trinajstić information content (AvgIpc) is 2.82. The molecule has 7 nitrogen and oxygen atoms in total. The van der Waals surface area contributed by atoms with Gasteiger partial charge in [0.2, 0.25) is 5.91 Å². The number of hydrogen-bond donors (Lipinski definition) is 3. The summed E-state index contributed by atoms with van der Waals surface area (Å²) in [5.41, 5.74) is 6.26. The van der Waals surface area contributed by atoms with Crippen molar-refractivity contribution in [2.45, 2.75) is 39.3 Å². The summed E-state index contributed by atoms with van der Waals surface area (Å²) in [6.45, 7) is 6.45. The predicted octanol–water partition coefficient (Wildman–Crippen LogP) is 5.43. The zero-order valence-corrected chi connectivity index (χ0v) is 20.8. The van der Waals surface area contributed by atoms with Crippen LogP contribution in [0, 0.1) is 18.6 Å². The average molecular weight is 512 g/mol. The number of fused-ring (bicyclic) bond motifs is 1. The van der Waals surface area contributed by atoms with Crippen LogP contribution in [0.25, 0.3) is 22.0 Å². The Bertz CT molecular complexity index is 1490. The molecule has 2 aromatic carbocycles. The number of pyridine rings is 1. The van der Waals surface area contributed by atoms with Gasteiger partial charge in [-0.25, -0.2) is 23.7 Å². The molecule has 2 heterocycles. The number of amides is 1. The molecule has 1 amide bonds. The molecule has 4 aromatic rings. The quantitative estimate of drug-likeness (QED) is 0.318. The molecule has 1 atom stereocenters. The molecule has 4 N–H and O–H groups in total. The third-order valence-electron chi connectivity index (χ3n) is 5.79. The van der Waals surface area contributed by atoms with Crippen LogP contribution in [0.1, 0.15) is 54.3 Å². The summed E-state index contributed by atoms with van der Waals surface area (Å²) < 4.78 is 29.9. The van der Waals surface area contributed by atoms with Crippen LogP contribution in [-0.2, 0) is 5.60 Å². The van der Waals surface area contributed by atoms with Crippen molar-refractivity contribution in [2.75, 3.05) is 5.32 Å². The van der Waals surface area contributed by atoms with E-state index in [0.29, 0.717) is 27.9 Å². The molecule has 0 aliphatic heterocycles. The standard InChI is InChI=1S/C26H24ClF2N5O2/c1-12(17-7-14(24(30)35)5-6-19(17)28)33-23-18-8-15(9-20(29)22(18)34-13(2)21(23)27)16-10-31-25(32-11-16)26(3,4)36/h5-12,36H,1-4H3,(H2,30,35)(H,33,34)/t12-/m1/s1. The molecule has 0 fully saturated rings. The number of nitrogens with zero attached hydrogens (tertiary/aromatic N) is 3. The Morgan fingerprint density at radius 3 is 2.39 bits per heavy atom. The molecule has 4 rings (SSSR count). The highest BCUT2D eigenvalue weighted by Gasteiger charge is 2.22. The lowest BCUT2D eigenvalue weighted by Gasteiger charge is -2.21. The van der Waals surface area contributed by atoms with Gasteiger partial charge in [0.15, 0.2) is 5.82 Å². The van der Waals surface area contributed by atoms with E-state index in [0.717, 1.165) is 0 Å². The van der Waals surface area contributed by atoms with Crippen LogP contribution in [-0.4, -0.2) is 26.0 Å². The Kier molecular flexibility index (Phi) is 6.64. The zero-order chi connectivity index (χ0) is 26.4. The fourth-order valence-corrected chi connectivity index (χ4v) is 4.04. The number of nitrogens with one attached hydrogen (secondary N) is 1. The van der Waals surface area contributed by atoms with Gasteiger partial charge in [-0.05, 0) is 63.6 Å². The molecule has 10 heteroatoms. The highest BCUT2D eigenvalue weighted by Crippen LogP contribution is 2.38. The highest BCUT2D eigenvalue weighted by atomic mass is 35.5. The van der Waals surface area contributed by atoms with Gasteiger partial charge in [-0.3, -0.25) is 4.79 Å². The number of primary amides is 1. The number of nitrogens with two attached hydrogens (primary N) is 1. The van der Waals surface area contributed by atoms with E-state index in [4.69, 9.17) is 17.3 Å². The number of benzene rings is 2. The summed E-state index contributed by atoms with van der Waals surface area (Å²) in [6, 6.07) is 6.18. The smallest absolute Gasteiger partial charge is 0.248 e. The van der Waals surface area contributed by atoms with Crippen molar-refractivity contribution < 1.29 is 18.7 Å². The maximum absolute atomic E-state index is 15.2. The normalized spacial score (nSPS) is 12.6. The van der Waals surface area contributed by atoms with Crippen molar-refractivity contribution in [3.05, 3.63) is 82.0 Å². The maximum Gasteiger partial charge on any atom is 0.248 e. The molecule has 0 aliphatic rings. The first kappa shape index (κ1) is 25.4. The van der Waals surface area contributed by atoms with Crippen LogP contribution in [0.3, 0.4) is 0 Å². The Balaban J connectivity index is 1.83. The molecular weight excluding hydrogens is 488 g/mol. The van der Waals surface area contributed by atoms with Crippen LogP contribution in [0.15, 0.2) is 42.7 Å². The van der Waals surface area contributed by atoms with E-state index in [9.17, 15) is 14.3 Å². The Morgan fingerprint density at radius 2 is 1.78 bits per heavy atom. The minimum absolute atomic E-state index is 0.0794. The Morgan fingerprint density at radius 1 is 1.11 bits per heavy atom. The molecule has 0 bridgehead atoms. The number of carbonyl (C=O) groups excluding carboxylic acids is 1. The largest absolute Gasteiger partial charge is 0.382 e. The van der Waals surface area contributed by atoms with Gasteiger partial charge in [-0.2, -0.15) is 0 Å². The summed E-state index contributed by atoms with van der Waals surface area (Å²) in [7, 11) is 0. The summed E-state index contributed by atoms with van der Waals surface area (Å²) in [5, 5.41) is 13.9. The first-order valence-corrected chi connectivity index (χ1v) is 11.4. The van der Waals surface area contributed by atoms with E-state index >= 15 is 4.39 Å². The number of aryl methyl sites for hydroxylation is 1. The molecule has 36 heavy (non-hydrogen) atoms. The molecule has 0 aliphatic carbocycles. The zero-order valence-electron chi connectivity index (χ0n) is 20.0. The molecule has 0 saturated carbocycles. The van der Waals surface area contributed by atoms with Crippen molar-refractivity contribution in [1.29, 1.82) is 0 Å². The SMILES string of the molecule is Cc1nc2c(F)cc(-c3cnc(C(C)(C)O)nc3)cc2c(N[C@H](C)c2cc(C(N)=O)ccc2F)c1Cl. The van der Waals surface area contributed by atoms with Crippen molar-refractivity contribution >= 4 is 34.1 Å². The van der Waals surface area contributed by atoms with E-state index in [2.05, 4.69) is 20.3 Å². The van der Waals surface area contributed by atoms with Crippen molar-refractivity contribution in [3.8, 4) is 11.1 Å². The van der Waals surface area contributed by atoms with Gasteiger partial charge in [0, 0.05) is 34.5 Å². The van der Waals surface area contributed by atoms with E-state index in [-0.39, 0.29) is 27.5 Å². The van der Waals surface area contributed by atoms with Gasteiger partial charge in [0.05, 0.1) is 22.4 Å². The van der Waals surface area contributed by atoms with Gasteiger partial charge in [-0.15, -0.1) is 0 Å². The van der Waals surface area contributed by atoms with Crippen LogP contribution < -0.4 is 11.1 Å². The third-order valence-corrected chi connectivity index (χ3v) is 6.25. The van der Waals surface area contributed by atoms with Gasteiger partial charge >= 0.3 is 0 Å². The van der Waals surface area contributed by atoms with Gasteiger partial charge < -0.3 is 16.2 Å². The number of hydrogen-bond acceptors (Lipinski definition) is 6. The van der Waals surface area contributed by atoms with E-state index in [1.807, 2.05) is 0 Å². The van der Waals surface area contributed by atoms with Crippen molar-refractivity contribution in [3.63, 3.8) is 0 Å². The summed E-state index contributed by atoms with van der Waals surface area (Å²) in [5.74, 6) is -1.59. The van der Waals surface area contributed by atoms with Crippen LogP contribution in [0.2, 0.25) is 5.02 Å². The van der Waals surface area contributed by atoms with Gasteiger partial charge in [0.25, 0.3) is 0 Å². The molecule has 2 aromatic heterocycles. The number of aromatic nitrogens is 3. The second-order valence-electron chi connectivity index (χ2n) is 9.06. The monoisotopic (exact) mass is 511 g/mol. The number of halogens is 3. The van der Waals surface area contributed by atoms with E-state index < -0.39 is 29.2 Å². The highest BCUT2D eigenvalue weighted by molar-refractivity contribution is 6.35. The second kappa shape index (κ2) is 9.40. The minimum Gasteiger partial charge on any atom is -0.382 e. The van der Waals surface area contributed by atoms with Crippen molar-refractivity contribution in [2.24, 2.45) is 5.73 Å². The van der Waals surface area contributed by atoms with E-state index in [1.165, 1.54) is 36.7 Å². The lowest BCUT2D eigenvalue weighted by Crippen LogP contribution is -2.19. The lowest BCUT2D eigenvalue weighted by atomic mass is 10.0. The van der Waals surface area contributed by atoms with Gasteiger partial charge in [0.1, 0.15) is 22.8 Å².